The fourth-order valence-electron chi connectivity index (χ4n) is 2.45. The molecule has 0 spiro atoms. The van der Waals surface area contributed by atoms with E-state index in [1.54, 1.807) is 0 Å². The van der Waals surface area contributed by atoms with Gasteiger partial charge in [0.2, 0.25) is 0 Å². The third-order valence-corrected chi connectivity index (χ3v) is 4.95. The van der Waals surface area contributed by atoms with Gasteiger partial charge in [-0.25, -0.2) is 0 Å². The highest BCUT2D eigenvalue weighted by Crippen LogP contribution is 2.44. The Morgan fingerprint density at radius 2 is 1.75 bits per heavy atom. The Hall–Kier alpha value is -0.800. The molecule has 3 rings (SSSR count). The van der Waals surface area contributed by atoms with Crippen molar-refractivity contribution in [3.05, 3.63) is 62.5 Å². The summed E-state index contributed by atoms with van der Waals surface area (Å²) in [5.41, 5.74) is 3.84. The maximum atomic E-state index is 3.71. The van der Waals surface area contributed by atoms with Crippen LogP contribution in [0.25, 0.3) is 0 Å². The predicted octanol–water partition coefficient (Wildman–Crippen LogP) is 6.08. The summed E-state index contributed by atoms with van der Waals surface area (Å²) in [7, 11) is 0. The summed E-state index contributed by atoms with van der Waals surface area (Å²) in [5, 5.41) is 3.71. The van der Waals surface area contributed by atoms with E-state index in [0.29, 0.717) is 6.04 Å². The van der Waals surface area contributed by atoms with Gasteiger partial charge in [0.25, 0.3) is 0 Å². The van der Waals surface area contributed by atoms with Crippen molar-refractivity contribution in [3.8, 4) is 0 Å². The van der Waals surface area contributed by atoms with Crippen LogP contribution in [0.15, 0.2) is 51.4 Å². The molecule has 1 fully saturated rings. The molecule has 104 valence electrons. The van der Waals surface area contributed by atoms with Crippen LogP contribution in [0, 0.1) is 12.8 Å². The molecule has 2 aromatic rings. The Balaban J connectivity index is 1.88. The van der Waals surface area contributed by atoms with Gasteiger partial charge in [-0.15, -0.1) is 0 Å². The molecular weight excluding hydrogens is 378 g/mol. The standard InChI is InChI=1S/C17H17Br2N/c1-11-2-4-12(5-3-11)17(13-6-7-13)20-16-10-14(18)8-9-15(16)19/h2-5,8-10,13,17,20H,6-7H2,1H3. The zero-order valence-corrected chi connectivity index (χ0v) is 14.5. The predicted molar refractivity (Wildman–Crippen MR) is 92.1 cm³/mol. The van der Waals surface area contributed by atoms with Gasteiger partial charge in [-0.2, -0.15) is 0 Å². The Morgan fingerprint density at radius 3 is 2.40 bits per heavy atom. The Bertz CT molecular complexity index is 603. The van der Waals surface area contributed by atoms with E-state index in [-0.39, 0.29) is 0 Å². The Labute approximate surface area is 137 Å². The van der Waals surface area contributed by atoms with Gasteiger partial charge in [0.15, 0.2) is 0 Å². The maximum Gasteiger partial charge on any atom is 0.0542 e. The summed E-state index contributed by atoms with van der Waals surface area (Å²) in [6.07, 6.45) is 2.63. The van der Waals surface area contributed by atoms with Crippen LogP contribution in [-0.2, 0) is 0 Å². The second-order valence-electron chi connectivity index (χ2n) is 5.49. The molecule has 20 heavy (non-hydrogen) atoms. The summed E-state index contributed by atoms with van der Waals surface area (Å²) >= 11 is 7.17. The first-order chi connectivity index (χ1) is 9.63. The van der Waals surface area contributed by atoms with Crippen LogP contribution >= 0.6 is 31.9 Å². The zero-order chi connectivity index (χ0) is 14.1. The minimum Gasteiger partial charge on any atom is -0.377 e. The van der Waals surface area contributed by atoms with Crippen LogP contribution in [0.2, 0.25) is 0 Å². The molecular formula is C17H17Br2N. The maximum absolute atomic E-state index is 3.71. The molecule has 0 amide bonds. The van der Waals surface area contributed by atoms with Crippen molar-refractivity contribution < 1.29 is 0 Å². The summed E-state index contributed by atoms with van der Waals surface area (Å²) in [6.45, 7) is 2.13. The molecule has 0 heterocycles. The van der Waals surface area contributed by atoms with Gasteiger partial charge in [-0.05, 0) is 65.4 Å². The molecule has 0 aromatic heterocycles. The van der Waals surface area contributed by atoms with Crippen LogP contribution in [0.5, 0.6) is 0 Å². The molecule has 1 aliphatic rings. The van der Waals surface area contributed by atoms with Crippen molar-refractivity contribution in [2.75, 3.05) is 5.32 Å². The smallest absolute Gasteiger partial charge is 0.0542 e. The van der Waals surface area contributed by atoms with Crippen molar-refractivity contribution >= 4 is 37.5 Å². The van der Waals surface area contributed by atoms with Gasteiger partial charge in [-0.1, -0.05) is 45.8 Å². The second kappa shape index (κ2) is 5.90. The van der Waals surface area contributed by atoms with Crippen LogP contribution in [0.1, 0.15) is 30.0 Å². The first kappa shape index (κ1) is 14.2. The molecule has 1 saturated carbocycles. The summed E-state index contributed by atoms with van der Waals surface area (Å²) in [5.74, 6) is 0.753. The number of halogens is 2. The van der Waals surface area contributed by atoms with Crippen molar-refractivity contribution in [3.63, 3.8) is 0 Å². The number of aryl methyl sites for hydroxylation is 1. The van der Waals surface area contributed by atoms with E-state index in [4.69, 9.17) is 0 Å². The number of hydrogen-bond donors (Lipinski definition) is 1. The van der Waals surface area contributed by atoms with Crippen molar-refractivity contribution in [1.29, 1.82) is 0 Å². The van der Waals surface area contributed by atoms with E-state index in [0.717, 1.165) is 20.6 Å². The first-order valence-electron chi connectivity index (χ1n) is 6.91. The lowest BCUT2D eigenvalue weighted by molar-refractivity contribution is 0.678. The highest BCUT2D eigenvalue weighted by molar-refractivity contribution is 9.11. The third kappa shape index (κ3) is 3.26. The molecule has 1 aliphatic carbocycles. The largest absolute Gasteiger partial charge is 0.377 e. The van der Waals surface area contributed by atoms with E-state index < -0.39 is 0 Å². The van der Waals surface area contributed by atoms with E-state index in [2.05, 4.69) is 80.5 Å². The lowest BCUT2D eigenvalue weighted by Crippen LogP contribution is -2.13. The highest BCUT2D eigenvalue weighted by Gasteiger charge is 2.32. The van der Waals surface area contributed by atoms with Crippen LogP contribution in [0.4, 0.5) is 5.69 Å². The number of anilines is 1. The zero-order valence-electron chi connectivity index (χ0n) is 11.4. The van der Waals surface area contributed by atoms with Gasteiger partial charge in [-0.3, -0.25) is 0 Å². The van der Waals surface area contributed by atoms with Gasteiger partial charge in [0.1, 0.15) is 0 Å². The van der Waals surface area contributed by atoms with Gasteiger partial charge in [0, 0.05) is 8.95 Å². The first-order valence-corrected chi connectivity index (χ1v) is 8.50. The Morgan fingerprint density at radius 1 is 1.05 bits per heavy atom. The lowest BCUT2D eigenvalue weighted by Gasteiger charge is -2.21. The molecule has 2 aromatic carbocycles. The van der Waals surface area contributed by atoms with E-state index in [1.807, 2.05) is 6.07 Å². The molecule has 0 radical (unpaired) electrons. The SMILES string of the molecule is Cc1ccc(C(Nc2cc(Br)ccc2Br)C2CC2)cc1. The van der Waals surface area contributed by atoms with E-state index >= 15 is 0 Å². The Kier molecular flexibility index (Phi) is 4.18. The summed E-state index contributed by atoms with van der Waals surface area (Å²) in [6, 6.07) is 15.5. The fourth-order valence-corrected chi connectivity index (χ4v) is 3.17. The average molecular weight is 395 g/mol. The van der Waals surface area contributed by atoms with Gasteiger partial charge >= 0.3 is 0 Å². The third-order valence-electron chi connectivity index (χ3n) is 3.77. The molecule has 1 atom stereocenters. The molecule has 1 N–H and O–H groups in total. The number of hydrogen-bond acceptors (Lipinski definition) is 1. The topological polar surface area (TPSA) is 12.0 Å². The number of nitrogens with one attached hydrogen (secondary N) is 1. The van der Waals surface area contributed by atoms with Gasteiger partial charge in [0.05, 0.1) is 11.7 Å². The second-order valence-corrected chi connectivity index (χ2v) is 7.26. The van der Waals surface area contributed by atoms with E-state index in [1.165, 1.54) is 24.0 Å². The summed E-state index contributed by atoms with van der Waals surface area (Å²) < 4.78 is 2.21. The summed E-state index contributed by atoms with van der Waals surface area (Å²) in [4.78, 5) is 0. The normalized spacial score (nSPS) is 15.9. The van der Waals surface area contributed by atoms with Crippen molar-refractivity contribution in [1.82, 2.24) is 0 Å². The molecule has 1 unspecified atom stereocenters. The van der Waals surface area contributed by atoms with Crippen LogP contribution in [0.3, 0.4) is 0 Å². The van der Waals surface area contributed by atoms with Crippen LogP contribution < -0.4 is 5.32 Å². The minimum atomic E-state index is 0.404. The molecule has 3 heteroatoms. The minimum absolute atomic E-state index is 0.404. The highest BCUT2D eigenvalue weighted by atomic mass is 79.9. The average Bonchev–Trinajstić information content (AvgIpc) is 3.25. The fraction of sp³-hybridized carbons (Fsp3) is 0.294. The number of rotatable bonds is 4. The van der Waals surface area contributed by atoms with Crippen molar-refractivity contribution in [2.45, 2.75) is 25.8 Å². The molecule has 0 bridgehead atoms. The quantitative estimate of drug-likeness (QED) is 0.662. The van der Waals surface area contributed by atoms with E-state index in [9.17, 15) is 0 Å². The number of benzene rings is 2. The lowest BCUT2D eigenvalue weighted by atomic mass is 10.0. The molecule has 0 aliphatic heterocycles. The monoisotopic (exact) mass is 393 g/mol. The van der Waals surface area contributed by atoms with Crippen LogP contribution in [-0.4, -0.2) is 0 Å². The molecule has 1 nitrogen and oxygen atoms in total. The molecule has 0 saturated heterocycles. The van der Waals surface area contributed by atoms with Crippen molar-refractivity contribution in [2.24, 2.45) is 5.92 Å². The van der Waals surface area contributed by atoms with Gasteiger partial charge < -0.3 is 5.32 Å².